The zero-order chi connectivity index (χ0) is 11.5. The highest BCUT2D eigenvalue weighted by molar-refractivity contribution is 5.77. The van der Waals surface area contributed by atoms with E-state index in [1.165, 1.54) is 5.69 Å². The fourth-order valence-electron chi connectivity index (χ4n) is 2.14. The highest BCUT2D eigenvalue weighted by Gasteiger charge is 2.18. The summed E-state index contributed by atoms with van der Waals surface area (Å²) in [5.74, 6) is 0. The zero-order valence-electron chi connectivity index (χ0n) is 9.77. The fraction of sp³-hybridized carbons (Fsp3) is 0.462. The van der Waals surface area contributed by atoms with Gasteiger partial charge < -0.3 is 9.64 Å². The first-order chi connectivity index (χ1) is 7.70. The summed E-state index contributed by atoms with van der Waals surface area (Å²) in [5, 5.41) is 0. The Morgan fingerprint density at radius 3 is 2.94 bits per heavy atom. The van der Waals surface area contributed by atoms with Gasteiger partial charge in [-0.05, 0) is 37.6 Å². The van der Waals surface area contributed by atoms with Crippen molar-refractivity contribution in [3.63, 3.8) is 0 Å². The molecule has 1 heterocycles. The average molecular weight is 219 g/mol. The lowest BCUT2D eigenvalue weighted by molar-refractivity contribution is 0.0532. The summed E-state index contributed by atoms with van der Waals surface area (Å²) < 4.78 is 5.52. The maximum Gasteiger partial charge on any atom is 0.150 e. The van der Waals surface area contributed by atoms with E-state index in [0.29, 0.717) is 0 Å². The molecule has 0 aromatic heterocycles. The van der Waals surface area contributed by atoms with E-state index >= 15 is 0 Å². The zero-order valence-corrected chi connectivity index (χ0v) is 9.77. The van der Waals surface area contributed by atoms with Gasteiger partial charge in [0.15, 0.2) is 0 Å². The van der Waals surface area contributed by atoms with Gasteiger partial charge in [0.1, 0.15) is 6.29 Å². The molecule has 0 bridgehead atoms. The molecule has 1 atom stereocenters. The Hall–Kier alpha value is -1.35. The minimum Gasteiger partial charge on any atom is -0.375 e. The quantitative estimate of drug-likeness (QED) is 0.713. The topological polar surface area (TPSA) is 29.5 Å². The third-order valence-corrected chi connectivity index (χ3v) is 2.94. The molecule has 0 N–H and O–H groups in total. The van der Waals surface area contributed by atoms with Crippen molar-refractivity contribution in [2.75, 3.05) is 24.6 Å². The van der Waals surface area contributed by atoms with Crippen LogP contribution in [0.1, 0.15) is 22.8 Å². The Labute approximate surface area is 96.0 Å². The molecule has 3 heteroatoms. The van der Waals surface area contributed by atoms with E-state index in [2.05, 4.69) is 11.8 Å². The van der Waals surface area contributed by atoms with Crippen molar-refractivity contribution < 1.29 is 9.53 Å². The van der Waals surface area contributed by atoms with Gasteiger partial charge in [0.2, 0.25) is 0 Å². The monoisotopic (exact) mass is 219 g/mol. The summed E-state index contributed by atoms with van der Waals surface area (Å²) in [7, 11) is 0. The molecule has 3 nitrogen and oxygen atoms in total. The number of rotatable bonds is 2. The van der Waals surface area contributed by atoms with Crippen LogP contribution < -0.4 is 4.90 Å². The molecule has 0 radical (unpaired) electrons. The van der Waals surface area contributed by atoms with Gasteiger partial charge in [0, 0.05) is 24.3 Å². The number of benzene rings is 1. The van der Waals surface area contributed by atoms with Gasteiger partial charge in [-0.1, -0.05) is 0 Å². The van der Waals surface area contributed by atoms with Gasteiger partial charge in [-0.2, -0.15) is 0 Å². The summed E-state index contributed by atoms with van der Waals surface area (Å²) in [4.78, 5) is 13.0. The highest BCUT2D eigenvalue weighted by atomic mass is 16.5. The first kappa shape index (κ1) is 11.1. The molecule has 1 aliphatic heterocycles. The lowest BCUT2D eigenvalue weighted by atomic mass is 10.1. The lowest BCUT2D eigenvalue weighted by Gasteiger charge is -2.33. The summed E-state index contributed by atoms with van der Waals surface area (Å²) in [6.07, 6.45) is 1.16. The van der Waals surface area contributed by atoms with E-state index in [-0.39, 0.29) is 6.10 Å². The van der Waals surface area contributed by atoms with Gasteiger partial charge in [0.05, 0.1) is 12.7 Å². The first-order valence-corrected chi connectivity index (χ1v) is 5.63. The van der Waals surface area contributed by atoms with E-state index in [4.69, 9.17) is 4.74 Å². The van der Waals surface area contributed by atoms with Gasteiger partial charge in [-0.25, -0.2) is 0 Å². The number of carbonyl (C=O) groups excluding carboxylic acids is 1. The minimum atomic E-state index is 0.277. The second kappa shape index (κ2) is 4.66. The van der Waals surface area contributed by atoms with Crippen LogP contribution in [0.2, 0.25) is 0 Å². The predicted molar refractivity (Wildman–Crippen MR) is 64.2 cm³/mol. The molecule has 1 aliphatic rings. The maximum absolute atomic E-state index is 10.7. The highest BCUT2D eigenvalue weighted by Crippen LogP contribution is 2.22. The number of anilines is 1. The van der Waals surface area contributed by atoms with E-state index in [1.54, 1.807) is 0 Å². The van der Waals surface area contributed by atoms with Crippen molar-refractivity contribution in [2.45, 2.75) is 20.0 Å². The van der Waals surface area contributed by atoms with Gasteiger partial charge >= 0.3 is 0 Å². The normalized spacial score (nSPS) is 20.9. The number of ether oxygens (including phenoxy) is 1. The molecule has 16 heavy (non-hydrogen) atoms. The molecule has 0 saturated carbocycles. The van der Waals surface area contributed by atoms with Gasteiger partial charge in [-0.15, -0.1) is 0 Å². The molecule has 0 aliphatic carbocycles. The molecule has 1 aromatic carbocycles. The third kappa shape index (κ3) is 2.25. The fourth-order valence-corrected chi connectivity index (χ4v) is 2.14. The summed E-state index contributed by atoms with van der Waals surface area (Å²) in [5.41, 5.74) is 3.10. The molecule has 1 saturated heterocycles. The van der Waals surface area contributed by atoms with Crippen LogP contribution in [0, 0.1) is 6.92 Å². The maximum atomic E-state index is 10.7. The summed E-state index contributed by atoms with van der Waals surface area (Å²) >= 11 is 0. The Balaban J connectivity index is 2.22. The van der Waals surface area contributed by atoms with E-state index < -0.39 is 0 Å². The Bertz CT molecular complexity index is 390. The molecule has 2 rings (SSSR count). The van der Waals surface area contributed by atoms with E-state index in [1.807, 2.05) is 25.1 Å². The largest absolute Gasteiger partial charge is 0.375 e. The van der Waals surface area contributed by atoms with Crippen molar-refractivity contribution in [3.05, 3.63) is 29.3 Å². The number of aryl methyl sites for hydroxylation is 1. The molecule has 0 spiro atoms. The van der Waals surface area contributed by atoms with Crippen LogP contribution in [0.3, 0.4) is 0 Å². The molecule has 0 amide bonds. The van der Waals surface area contributed by atoms with Crippen LogP contribution in [0.5, 0.6) is 0 Å². The summed E-state index contributed by atoms with van der Waals surface area (Å²) in [6, 6.07) is 5.83. The SMILES string of the molecule is Cc1cc(C=O)ccc1N1CCOC(C)C1. The van der Waals surface area contributed by atoms with Crippen LogP contribution >= 0.6 is 0 Å². The van der Waals surface area contributed by atoms with Gasteiger partial charge in [0.25, 0.3) is 0 Å². The Morgan fingerprint density at radius 2 is 2.31 bits per heavy atom. The molecule has 1 aromatic rings. The average Bonchev–Trinajstić information content (AvgIpc) is 2.28. The number of morpholine rings is 1. The predicted octanol–water partition coefficient (Wildman–Crippen LogP) is 2.03. The van der Waals surface area contributed by atoms with E-state index in [9.17, 15) is 4.79 Å². The number of hydrogen-bond donors (Lipinski definition) is 0. The van der Waals surface area contributed by atoms with Crippen molar-refractivity contribution in [3.8, 4) is 0 Å². The molecular formula is C13H17NO2. The van der Waals surface area contributed by atoms with Crippen molar-refractivity contribution in [1.82, 2.24) is 0 Å². The smallest absolute Gasteiger partial charge is 0.150 e. The first-order valence-electron chi connectivity index (χ1n) is 5.63. The second-order valence-corrected chi connectivity index (χ2v) is 4.29. The molecular weight excluding hydrogens is 202 g/mol. The van der Waals surface area contributed by atoms with Crippen molar-refractivity contribution >= 4 is 12.0 Å². The Kier molecular flexibility index (Phi) is 3.25. The van der Waals surface area contributed by atoms with Crippen molar-refractivity contribution in [2.24, 2.45) is 0 Å². The van der Waals surface area contributed by atoms with Crippen LogP contribution in [-0.4, -0.2) is 32.1 Å². The van der Waals surface area contributed by atoms with Crippen LogP contribution in [0.15, 0.2) is 18.2 Å². The number of aldehydes is 1. The van der Waals surface area contributed by atoms with Gasteiger partial charge in [-0.3, -0.25) is 4.79 Å². The lowest BCUT2D eigenvalue weighted by Crippen LogP contribution is -2.41. The van der Waals surface area contributed by atoms with Crippen LogP contribution in [0.25, 0.3) is 0 Å². The van der Waals surface area contributed by atoms with E-state index in [0.717, 1.165) is 37.1 Å². The molecule has 86 valence electrons. The summed E-state index contributed by atoms with van der Waals surface area (Å²) in [6.45, 7) is 6.74. The van der Waals surface area contributed by atoms with Crippen molar-refractivity contribution in [1.29, 1.82) is 0 Å². The standard InChI is InChI=1S/C13H17NO2/c1-10-7-12(9-15)3-4-13(10)14-5-6-16-11(2)8-14/h3-4,7,9,11H,5-6,8H2,1-2H3. The van der Waals surface area contributed by atoms with Crippen LogP contribution in [-0.2, 0) is 4.74 Å². The number of carbonyl (C=O) groups is 1. The molecule has 1 fully saturated rings. The number of hydrogen-bond acceptors (Lipinski definition) is 3. The minimum absolute atomic E-state index is 0.277. The molecule has 1 unspecified atom stereocenters. The second-order valence-electron chi connectivity index (χ2n) is 4.29. The Morgan fingerprint density at radius 1 is 1.50 bits per heavy atom. The van der Waals surface area contributed by atoms with Crippen LogP contribution in [0.4, 0.5) is 5.69 Å². The third-order valence-electron chi connectivity index (χ3n) is 2.94. The number of nitrogens with zero attached hydrogens (tertiary/aromatic N) is 1.